The lowest BCUT2D eigenvalue weighted by molar-refractivity contribution is 0.0943. The van der Waals surface area contributed by atoms with Crippen LogP contribution in [0, 0.1) is 13.8 Å². The number of rotatable bonds is 4. The number of methoxy groups -OCH3 is 1. The van der Waals surface area contributed by atoms with Gasteiger partial charge in [-0.25, -0.2) is 0 Å². The predicted molar refractivity (Wildman–Crippen MR) is 82.7 cm³/mol. The molecule has 3 nitrogen and oxygen atoms in total. The molecule has 0 saturated carbocycles. The van der Waals surface area contributed by atoms with Gasteiger partial charge in [-0.3, -0.25) is 4.79 Å². The molecule has 106 valence electrons. The van der Waals surface area contributed by atoms with Crippen molar-refractivity contribution in [2.75, 3.05) is 7.11 Å². The van der Waals surface area contributed by atoms with Gasteiger partial charge in [0.15, 0.2) is 0 Å². The molecule has 1 atom stereocenters. The molecule has 0 aliphatic heterocycles. The van der Waals surface area contributed by atoms with E-state index in [1.54, 1.807) is 7.11 Å². The highest BCUT2D eigenvalue weighted by Crippen LogP contribution is 2.26. The third-order valence-electron chi connectivity index (χ3n) is 3.27. The summed E-state index contributed by atoms with van der Waals surface area (Å²) in [5.74, 6) is 0.764. The van der Waals surface area contributed by atoms with Gasteiger partial charge in [-0.15, -0.1) is 11.3 Å². The second kappa shape index (κ2) is 6.09. The van der Waals surface area contributed by atoms with Gasteiger partial charge < -0.3 is 10.1 Å². The third kappa shape index (κ3) is 3.02. The van der Waals surface area contributed by atoms with E-state index in [-0.39, 0.29) is 11.9 Å². The standard InChI is InChI=1S/C16H19NO2S/c1-10-5-6-14(19-4)13(9-10)12(3)17-16(18)15-11(2)7-8-20-15/h5-9,12H,1-4H3,(H,17,18). The first kappa shape index (κ1) is 14.6. The number of amides is 1. The SMILES string of the molecule is COc1ccc(C)cc1C(C)NC(=O)c1sccc1C. The minimum absolute atomic E-state index is 0.0337. The number of thiophene rings is 1. The summed E-state index contributed by atoms with van der Waals surface area (Å²) in [6, 6.07) is 7.84. The molecule has 0 spiro atoms. The first-order valence-corrected chi connectivity index (χ1v) is 7.40. The predicted octanol–water partition coefficient (Wildman–Crippen LogP) is 3.86. The van der Waals surface area contributed by atoms with Crippen LogP contribution in [-0.2, 0) is 0 Å². The van der Waals surface area contributed by atoms with Crippen LogP contribution in [0.4, 0.5) is 0 Å². The molecule has 1 N–H and O–H groups in total. The summed E-state index contributed by atoms with van der Waals surface area (Å²) >= 11 is 1.46. The van der Waals surface area contributed by atoms with Gasteiger partial charge in [0.05, 0.1) is 18.0 Å². The average molecular weight is 289 g/mol. The summed E-state index contributed by atoms with van der Waals surface area (Å²) < 4.78 is 5.37. The Balaban J connectivity index is 2.20. The van der Waals surface area contributed by atoms with Crippen LogP contribution in [-0.4, -0.2) is 13.0 Å². The Labute approximate surface area is 123 Å². The Morgan fingerprint density at radius 1 is 1.30 bits per heavy atom. The Kier molecular flexibility index (Phi) is 4.45. The molecule has 2 aromatic rings. The van der Waals surface area contributed by atoms with Crippen molar-refractivity contribution in [1.29, 1.82) is 0 Å². The highest BCUT2D eigenvalue weighted by atomic mass is 32.1. The second-order valence-corrected chi connectivity index (χ2v) is 5.79. The molecule has 1 aromatic heterocycles. The van der Waals surface area contributed by atoms with Crippen molar-refractivity contribution in [3.63, 3.8) is 0 Å². The lowest BCUT2D eigenvalue weighted by atomic mass is 10.0. The molecule has 1 unspecified atom stereocenters. The normalized spacial score (nSPS) is 12.0. The fourth-order valence-electron chi connectivity index (χ4n) is 2.14. The van der Waals surface area contributed by atoms with Crippen molar-refractivity contribution in [1.82, 2.24) is 5.32 Å². The second-order valence-electron chi connectivity index (χ2n) is 4.87. The van der Waals surface area contributed by atoms with E-state index in [1.165, 1.54) is 11.3 Å². The van der Waals surface area contributed by atoms with E-state index in [4.69, 9.17) is 4.74 Å². The molecule has 4 heteroatoms. The number of ether oxygens (including phenoxy) is 1. The zero-order valence-electron chi connectivity index (χ0n) is 12.2. The minimum Gasteiger partial charge on any atom is -0.496 e. The Bertz CT molecular complexity index is 619. The molecule has 0 bridgehead atoms. The lowest BCUT2D eigenvalue weighted by Gasteiger charge is -2.18. The summed E-state index contributed by atoms with van der Waals surface area (Å²) in [5, 5.41) is 4.97. The average Bonchev–Trinajstić information content (AvgIpc) is 2.85. The van der Waals surface area contributed by atoms with Crippen LogP contribution in [0.5, 0.6) is 5.75 Å². The highest BCUT2D eigenvalue weighted by Gasteiger charge is 2.17. The van der Waals surface area contributed by atoms with E-state index in [0.29, 0.717) is 0 Å². The van der Waals surface area contributed by atoms with Crippen molar-refractivity contribution in [3.8, 4) is 5.75 Å². The molecule has 0 fully saturated rings. The van der Waals surface area contributed by atoms with Crippen LogP contribution >= 0.6 is 11.3 Å². The molecule has 1 aromatic carbocycles. The first-order valence-electron chi connectivity index (χ1n) is 6.52. The van der Waals surface area contributed by atoms with Crippen molar-refractivity contribution in [2.24, 2.45) is 0 Å². The van der Waals surface area contributed by atoms with Gasteiger partial charge in [-0.05, 0) is 43.8 Å². The molecule has 0 aliphatic carbocycles. The number of nitrogens with one attached hydrogen (secondary N) is 1. The molecule has 2 rings (SSSR count). The van der Waals surface area contributed by atoms with Gasteiger partial charge >= 0.3 is 0 Å². The number of hydrogen-bond donors (Lipinski definition) is 1. The van der Waals surface area contributed by atoms with Crippen molar-refractivity contribution < 1.29 is 9.53 Å². The number of carbonyl (C=O) groups is 1. The van der Waals surface area contributed by atoms with Gasteiger partial charge in [-0.2, -0.15) is 0 Å². The van der Waals surface area contributed by atoms with Crippen LogP contribution in [0.25, 0.3) is 0 Å². The lowest BCUT2D eigenvalue weighted by Crippen LogP contribution is -2.26. The number of carbonyl (C=O) groups excluding carboxylic acids is 1. The maximum atomic E-state index is 12.3. The topological polar surface area (TPSA) is 38.3 Å². The van der Waals surface area contributed by atoms with Gasteiger partial charge in [0.2, 0.25) is 0 Å². The van der Waals surface area contributed by atoms with Crippen molar-refractivity contribution >= 4 is 17.2 Å². The maximum absolute atomic E-state index is 12.3. The highest BCUT2D eigenvalue weighted by molar-refractivity contribution is 7.12. The Morgan fingerprint density at radius 3 is 2.65 bits per heavy atom. The van der Waals surface area contributed by atoms with Gasteiger partial charge in [0, 0.05) is 5.56 Å². The van der Waals surface area contributed by atoms with E-state index >= 15 is 0 Å². The van der Waals surface area contributed by atoms with Gasteiger partial charge in [-0.1, -0.05) is 17.7 Å². The molecule has 0 saturated heterocycles. The monoisotopic (exact) mass is 289 g/mol. The zero-order valence-corrected chi connectivity index (χ0v) is 13.0. The summed E-state index contributed by atoms with van der Waals surface area (Å²) in [7, 11) is 1.64. The molecule has 0 aliphatic rings. The smallest absolute Gasteiger partial charge is 0.262 e. The van der Waals surface area contributed by atoms with E-state index in [2.05, 4.69) is 5.32 Å². The third-order valence-corrected chi connectivity index (χ3v) is 4.28. The zero-order chi connectivity index (χ0) is 14.7. The van der Waals surface area contributed by atoms with Gasteiger partial charge in [0.25, 0.3) is 5.91 Å². The van der Waals surface area contributed by atoms with Crippen LogP contribution in [0.1, 0.15) is 39.3 Å². The maximum Gasteiger partial charge on any atom is 0.262 e. The number of benzene rings is 1. The largest absolute Gasteiger partial charge is 0.496 e. The Morgan fingerprint density at radius 2 is 2.05 bits per heavy atom. The number of aryl methyl sites for hydroxylation is 2. The first-order chi connectivity index (χ1) is 9.52. The van der Waals surface area contributed by atoms with Crippen LogP contribution in [0.3, 0.4) is 0 Å². The van der Waals surface area contributed by atoms with E-state index in [1.807, 2.05) is 50.4 Å². The summed E-state index contributed by atoms with van der Waals surface area (Å²) in [6.45, 7) is 5.95. The van der Waals surface area contributed by atoms with Crippen LogP contribution in [0.15, 0.2) is 29.6 Å². The van der Waals surface area contributed by atoms with Gasteiger partial charge in [0.1, 0.15) is 5.75 Å². The molecule has 20 heavy (non-hydrogen) atoms. The fourth-order valence-corrected chi connectivity index (χ4v) is 2.97. The summed E-state index contributed by atoms with van der Waals surface area (Å²) in [5.41, 5.74) is 3.15. The van der Waals surface area contributed by atoms with Crippen molar-refractivity contribution in [3.05, 3.63) is 51.2 Å². The van der Waals surface area contributed by atoms with E-state index < -0.39 is 0 Å². The molecular formula is C16H19NO2S. The summed E-state index contributed by atoms with van der Waals surface area (Å²) in [6.07, 6.45) is 0. The van der Waals surface area contributed by atoms with Crippen LogP contribution < -0.4 is 10.1 Å². The Hall–Kier alpha value is -1.81. The molecule has 0 radical (unpaired) electrons. The fraction of sp³-hybridized carbons (Fsp3) is 0.312. The molecule has 1 heterocycles. The molecule has 1 amide bonds. The van der Waals surface area contributed by atoms with Crippen molar-refractivity contribution in [2.45, 2.75) is 26.8 Å². The number of hydrogen-bond acceptors (Lipinski definition) is 3. The quantitative estimate of drug-likeness (QED) is 0.928. The molecular weight excluding hydrogens is 270 g/mol. The van der Waals surface area contributed by atoms with Crippen LogP contribution in [0.2, 0.25) is 0 Å². The van der Waals surface area contributed by atoms with E-state index in [9.17, 15) is 4.79 Å². The summed E-state index contributed by atoms with van der Waals surface area (Å²) in [4.78, 5) is 13.0. The minimum atomic E-state index is -0.0983. The van der Waals surface area contributed by atoms with E-state index in [0.717, 1.165) is 27.3 Å².